The average Bonchev–Trinajstić information content (AvgIpc) is 2.58. The topological polar surface area (TPSA) is 102 Å². The number of nitrogens with zero attached hydrogens (tertiary/aromatic N) is 1. The lowest BCUT2D eigenvalue weighted by molar-refractivity contribution is 0.115. The van der Waals surface area contributed by atoms with E-state index in [1.165, 1.54) is 22.5 Å². The quantitative estimate of drug-likeness (QED) is 0.565. The zero-order valence-corrected chi connectivity index (χ0v) is 17.9. The fraction of sp³-hybridized carbons (Fsp3) is 0.600. The average molecular weight is 418 g/mol. The van der Waals surface area contributed by atoms with Gasteiger partial charge in [0.15, 0.2) is 11.5 Å². The van der Waals surface area contributed by atoms with Crippen LogP contribution in [0.5, 0.6) is 11.5 Å². The summed E-state index contributed by atoms with van der Waals surface area (Å²) in [5, 5.41) is 10.2. The van der Waals surface area contributed by atoms with E-state index in [9.17, 15) is 13.5 Å². The minimum Gasteiger partial charge on any atom is -0.476 e. The summed E-state index contributed by atoms with van der Waals surface area (Å²) in [5.74, 6) is 0.755. The van der Waals surface area contributed by atoms with Crippen LogP contribution in [0.3, 0.4) is 0 Å². The van der Waals surface area contributed by atoms with Crippen molar-refractivity contribution in [1.29, 1.82) is 0 Å². The lowest BCUT2D eigenvalue weighted by Gasteiger charge is -2.28. The van der Waals surface area contributed by atoms with Crippen LogP contribution in [0.2, 0.25) is 0 Å². The maximum absolute atomic E-state index is 13.0. The Balaban J connectivity index is 0. The second-order valence-corrected chi connectivity index (χ2v) is 8.61. The molecule has 25 heavy (non-hydrogen) atoms. The highest BCUT2D eigenvalue weighted by atomic mass is 32.2. The van der Waals surface area contributed by atoms with E-state index in [-0.39, 0.29) is 32.5 Å². The van der Waals surface area contributed by atoms with Gasteiger partial charge in [-0.05, 0) is 24.5 Å². The van der Waals surface area contributed by atoms with Gasteiger partial charge in [-0.2, -0.15) is 4.31 Å². The van der Waals surface area contributed by atoms with E-state index in [0.29, 0.717) is 12.2 Å². The number of aliphatic hydroxyl groups is 1. The van der Waals surface area contributed by atoms with Gasteiger partial charge in [0.05, 0.1) is 29.9 Å². The van der Waals surface area contributed by atoms with Crippen LogP contribution in [0.25, 0.3) is 0 Å². The largest absolute Gasteiger partial charge is 0.476 e. The first-order chi connectivity index (χ1) is 11.7. The lowest BCUT2D eigenvalue weighted by atomic mass is 10.1. The van der Waals surface area contributed by atoms with Crippen LogP contribution < -0.4 is 14.8 Å². The Morgan fingerprint density at radius 2 is 1.84 bits per heavy atom. The summed E-state index contributed by atoms with van der Waals surface area (Å²) in [4.78, 5) is 0.0636. The van der Waals surface area contributed by atoms with Gasteiger partial charge in [0.2, 0.25) is 10.0 Å². The summed E-state index contributed by atoms with van der Waals surface area (Å²) in [6.45, 7) is 5.89. The molecule has 0 saturated carbocycles. The molecule has 1 aromatic rings. The molecular weight excluding hydrogens is 382 g/mol. The summed E-state index contributed by atoms with van der Waals surface area (Å²) in [7, 11) is 0.324. The van der Waals surface area contributed by atoms with E-state index in [4.69, 9.17) is 14.8 Å². The van der Waals surface area contributed by atoms with Gasteiger partial charge < -0.3 is 19.9 Å². The number of benzene rings is 1. The summed E-state index contributed by atoms with van der Waals surface area (Å²) >= 11 is 0. The molecule has 0 radical (unpaired) electrons. The highest BCUT2D eigenvalue weighted by Crippen LogP contribution is 2.33. The van der Waals surface area contributed by atoms with Crippen molar-refractivity contribution in [2.45, 2.75) is 44.2 Å². The molecule has 0 aliphatic heterocycles. The Hall–Kier alpha value is -0.490. The van der Waals surface area contributed by atoms with E-state index in [0.717, 1.165) is 0 Å². The van der Waals surface area contributed by atoms with Crippen molar-refractivity contribution in [2.75, 3.05) is 13.1 Å². The van der Waals surface area contributed by atoms with Crippen LogP contribution in [0.15, 0.2) is 23.1 Å². The molecule has 3 N–H and O–H groups in total. The van der Waals surface area contributed by atoms with Crippen LogP contribution >= 0.6 is 18.9 Å². The summed E-state index contributed by atoms with van der Waals surface area (Å²) < 4.78 is 37.5. The highest BCUT2D eigenvalue weighted by molar-refractivity contribution is 7.89. The molecule has 0 spiro atoms. The molecule has 1 aromatic carbocycles. The third-order valence-corrected chi connectivity index (χ3v) is 6.07. The van der Waals surface area contributed by atoms with Crippen molar-refractivity contribution in [2.24, 2.45) is 11.7 Å². The van der Waals surface area contributed by atoms with Crippen molar-refractivity contribution in [3.8, 4) is 11.5 Å². The first-order valence-electron chi connectivity index (χ1n) is 7.98. The Bertz CT molecular complexity index is 668. The molecule has 0 saturated heterocycles. The maximum Gasteiger partial charge on any atom is 0.243 e. The van der Waals surface area contributed by atoms with Crippen molar-refractivity contribution in [1.82, 2.24) is 4.31 Å². The van der Waals surface area contributed by atoms with Crippen LogP contribution in [0, 0.1) is 5.92 Å². The van der Waals surface area contributed by atoms with E-state index in [2.05, 4.69) is 18.9 Å². The molecule has 0 fully saturated rings. The highest BCUT2D eigenvalue weighted by Gasteiger charge is 2.29. The van der Waals surface area contributed by atoms with Gasteiger partial charge in [0.25, 0.3) is 0 Å². The molecule has 0 aromatic heterocycles. The fourth-order valence-electron chi connectivity index (χ4n) is 2.28. The number of aliphatic hydroxyl groups excluding tert-OH is 1. The minimum absolute atomic E-state index is 0. The van der Waals surface area contributed by atoms with Gasteiger partial charge in [0.1, 0.15) is 0 Å². The van der Waals surface area contributed by atoms with Crippen LogP contribution in [-0.4, -0.2) is 43.1 Å². The summed E-state index contributed by atoms with van der Waals surface area (Å²) in [6, 6.07) is 3.87. The van der Waals surface area contributed by atoms with Crippen LogP contribution in [0.1, 0.15) is 30.0 Å². The molecule has 148 valence electrons. The molecule has 0 amide bonds. The third kappa shape index (κ3) is 6.02. The molecule has 0 heterocycles. The van der Waals surface area contributed by atoms with E-state index >= 15 is 0 Å². The van der Waals surface area contributed by atoms with E-state index < -0.39 is 22.2 Å². The van der Waals surface area contributed by atoms with Gasteiger partial charge in [-0.3, -0.25) is 0 Å². The number of rotatable bonds is 10. The molecule has 10 heteroatoms. The Kier molecular flexibility index (Phi) is 9.02. The standard InChI is InChI=1S/C15H28N2O5P2S.2H2/c1-4-12(16)13(18)9-17(8-10(2)3)25(19,20)11-5-6-14(21-23)15(7-11)22-24;;/h5-7,10,12-13,18H,4,8-9,16,23-24H2,1-3H3;2*1H/t12-,13+;;/m0../s1/i;2*1+2. The summed E-state index contributed by atoms with van der Waals surface area (Å²) in [6.07, 6.45) is -0.382. The Labute approximate surface area is 157 Å². The van der Waals surface area contributed by atoms with Crippen molar-refractivity contribution in [3.05, 3.63) is 18.2 Å². The molecule has 1 rings (SSSR count). The molecule has 4 atom stereocenters. The second kappa shape index (κ2) is 10.0. The SMILES string of the molecule is CC[C@H](N)[C@H](O)CN(CC(C)C)S(=O)(=O)c1ccc(OP)c(OP)c1.[3HH].[3HH]. The van der Waals surface area contributed by atoms with E-state index in [1.54, 1.807) is 0 Å². The van der Waals surface area contributed by atoms with Gasteiger partial charge in [-0.15, -0.1) is 0 Å². The van der Waals surface area contributed by atoms with Crippen LogP contribution in [0.4, 0.5) is 0 Å². The molecule has 0 aliphatic rings. The zero-order chi connectivity index (χ0) is 19.2. The predicted molar refractivity (Wildman–Crippen MR) is 109 cm³/mol. The Morgan fingerprint density at radius 1 is 1.24 bits per heavy atom. The molecular formula is C15H32N2O5P2S. The smallest absolute Gasteiger partial charge is 0.243 e. The van der Waals surface area contributed by atoms with Gasteiger partial charge in [0, 0.05) is 28.1 Å². The summed E-state index contributed by atoms with van der Waals surface area (Å²) in [5.41, 5.74) is 5.85. The second-order valence-electron chi connectivity index (χ2n) is 6.20. The lowest BCUT2D eigenvalue weighted by Crippen LogP contribution is -2.46. The molecule has 0 bridgehead atoms. The number of nitrogens with two attached hydrogens (primary N) is 1. The number of hydrogen-bond acceptors (Lipinski definition) is 6. The third-order valence-electron chi connectivity index (χ3n) is 3.73. The number of sulfonamides is 1. The van der Waals surface area contributed by atoms with Crippen LogP contribution in [-0.2, 0) is 10.0 Å². The van der Waals surface area contributed by atoms with E-state index in [1.807, 2.05) is 20.8 Å². The first-order valence-corrected chi connectivity index (χ1v) is 10.4. The van der Waals surface area contributed by atoms with Crippen molar-refractivity contribution >= 4 is 29.0 Å². The first kappa shape index (κ1) is 22.6. The zero-order valence-electron chi connectivity index (χ0n) is 14.8. The fourth-order valence-corrected chi connectivity index (χ4v) is 4.30. The predicted octanol–water partition coefficient (Wildman–Crippen LogP) is 2.26. The molecule has 2 unspecified atom stereocenters. The Morgan fingerprint density at radius 3 is 2.32 bits per heavy atom. The maximum atomic E-state index is 13.0. The number of hydrogen-bond donors (Lipinski definition) is 2. The monoisotopic (exact) mass is 418 g/mol. The van der Waals surface area contributed by atoms with Gasteiger partial charge in [-0.25, -0.2) is 8.42 Å². The molecule has 0 aliphatic carbocycles. The minimum atomic E-state index is -3.82. The molecule has 7 nitrogen and oxygen atoms in total. The van der Waals surface area contributed by atoms with Gasteiger partial charge >= 0.3 is 0 Å². The van der Waals surface area contributed by atoms with Crippen molar-refractivity contribution in [3.63, 3.8) is 0 Å². The van der Waals surface area contributed by atoms with Gasteiger partial charge in [-0.1, -0.05) is 20.8 Å². The van der Waals surface area contributed by atoms with Crippen molar-refractivity contribution < 1.29 is 25.4 Å². The normalized spacial score (nSPS) is 14.6.